The Morgan fingerprint density at radius 1 is 1.38 bits per heavy atom. The van der Waals surface area contributed by atoms with Crippen molar-refractivity contribution in [3.05, 3.63) is 0 Å². The van der Waals surface area contributed by atoms with Gasteiger partial charge in [0, 0.05) is 6.42 Å². The van der Waals surface area contributed by atoms with E-state index in [0.717, 1.165) is 19.4 Å². The molecule has 0 fully saturated rings. The summed E-state index contributed by atoms with van der Waals surface area (Å²) >= 11 is 0. The number of carbonyl (C=O) groups is 1. The van der Waals surface area contributed by atoms with E-state index in [0.29, 0.717) is 13.0 Å². The standard InChI is InChI=1S/C7H16N4O2/c8-6(11-13)5-10-4-2-1-3-7(9)12/h10,13H,1-5H2,(H2,8,11)(H2,9,12). The molecule has 0 aromatic rings. The Kier molecular flexibility index (Phi) is 6.62. The van der Waals surface area contributed by atoms with Gasteiger partial charge in [0.2, 0.25) is 5.91 Å². The van der Waals surface area contributed by atoms with Gasteiger partial charge in [-0.1, -0.05) is 5.16 Å². The number of carbonyl (C=O) groups excluding carboxylic acids is 1. The molecule has 0 saturated heterocycles. The predicted molar refractivity (Wildman–Crippen MR) is 49.3 cm³/mol. The van der Waals surface area contributed by atoms with Gasteiger partial charge in [0.05, 0.1) is 6.54 Å². The second-order valence-electron chi connectivity index (χ2n) is 2.69. The molecular weight excluding hydrogens is 172 g/mol. The van der Waals surface area contributed by atoms with Crippen molar-refractivity contribution >= 4 is 11.7 Å². The average Bonchev–Trinajstić information content (AvgIpc) is 2.10. The van der Waals surface area contributed by atoms with Gasteiger partial charge in [0.25, 0.3) is 0 Å². The van der Waals surface area contributed by atoms with Crippen LogP contribution < -0.4 is 16.8 Å². The Labute approximate surface area is 77.0 Å². The summed E-state index contributed by atoms with van der Waals surface area (Å²) in [7, 11) is 0. The minimum absolute atomic E-state index is 0.148. The molecule has 6 nitrogen and oxygen atoms in total. The molecule has 6 heteroatoms. The molecule has 13 heavy (non-hydrogen) atoms. The molecule has 1 amide bonds. The fourth-order valence-electron chi connectivity index (χ4n) is 0.801. The first kappa shape index (κ1) is 11.7. The molecule has 6 N–H and O–H groups in total. The first-order valence-electron chi connectivity index (χ1n) is 4.12. The van der Waals surface area contributed by atoms with Gasteiger partial charge in [-0.25, -0.2) is 0 Å². The number of rotatable bonds is 7. The second-order valence-corrected chi connectivity index (χ2v) is 2.69. The molecule has 0 aliphatic rings. The van der Waals surface area contributed by atoms with Crippen LogP contribution in [0.3, 0.4) is 0 Å². The number of hydrogen-bond acceptors (Lipinski definition) is 4. The molecule has 0 bridgehead atoms. The van der Waals surface area contributed by atoms with Crippen molar-refractivity contribution < 1.29 is 10.0 Å². The van der Waals surface area contributed by atoms with Crippen molar-refractivity contribution in [1.82, 2.24) is 5.32 Å². The van der Waals surface area contributed by atoms with Crippen molar-refractivity contribution in [2.24, 2.45) is 16.6 Å². The lowest BCUT2D eigenvalue weighted by Gasteiger charge is -2.01. The van der Waals surface area contributed by atoms with Crippen LogP contribution in [0.2, 0.25) is 0 Å². The molecule has 0 saturated carbocycles. The van der Waals surface area contributed by atoms with Crippen LogP contribution >= 0.6 is 0 Å². The second kappa shape index (κ2) is 7.35. The van der Waals surface area contributed by atoms with Crippen molar-refractivity contribution in [1.29, 1.82) is 0 Å². The topological polar surface area (TPSA) is 114 Å². The van der Waals surface area contributed by atoms with Gasteiger partial charge in [-0.15, -0.1) is 0 Å². The quantitative estimate of drug-likeness (QED) is 0.134. The summed E-state index contributed by atoms with van der Waals surface area (Å²) in [5, 5.41) is 13.9. The van der Waals surface area contributed by atoms with E-state index in [2.05, 4.69) is 10.5 Å². The monoisotopic (exact) mass is 188 g/mol. The largest absolute Gasteiger partial charge is 0.409 e. The number of primary amides is 1. The minimum atomic E-state index is -0.281. The van der Waals surface area contributed by atoms with Crippen LogP contribution in [-0.2, 0) is 4.79 Å². The number of nitrogens with one attached hydrogen (secondary N) is 1. The molecule has 0 radical (unpaired) electrons. The van der Waals surface area contributed by atoms with E-state index in [1.54, 1.807) is 0 Å². The fourth-order valence-corrected chi connectivity index (χ4v) is 0.801. The van der Waals surface area contributed by atoms with E-state index in [1.807, 2.05) is 0 Å². The van der Waals surface area contributed by atoms with E-state index in [1.165, 1.54) is 0 Å². The highest BCUT2D eigenvalue weighted by Crippen LogP contribution is 1.91. The first-order chi connectivity index (χ1) is 6.16. The van der Waals surface area contributed by atoms with Crippen LogP contribution in [0, 0.1) is 0 Å². The number of hydrogen-bond donors (Lipinski definition) is 4. The fraction of sp³-hybridized carbons (Fsp3) is 0.714. The van der Waals surface area contributed by atoms with Crippen LogP contribution in [-0.4, -0.2) is 30.0 Å². The molecule has 0 aliphatic heterocycles. The summed E-state index contributed by atoms with van der Waals surface area (Å²) in [5.74, 6) is -0.133. The number of oxime groups is 1. The summed E-state index contributed by atoms with van der Waals surface area (Å²) in [6.07, 6.45) is 2.02. The van der Waals surface area contributed by atoms with Crippen LogP contribution in [0.1, 0.15) is 19.3 Å². The van der Waals surface area contributed by atoms with Crippen molar-refractivity contribution in [2.45, 2.75) is 19.3 Å². The lowest BCUT2D eigenvalue weighted by molar-refractivity contribution is -0.118. The Morgan fingerprint density at radius 2 is 2.08 bits per heavy atom. The number of nitrogens with two attached hydrogens (primary N) is 2. The van der Waals surface area contributed by atoms with Gasteiger partial charge in [-0.05, 0) is 19.4 Å². The third-order valence-electron chi connectivity index (χ3n) is 1.46. The van der Waals surface area contributed by atoms with Gasteiger partial charge in [-0.2, -0.15) is 0 Å². The molecule has 0 spiro atoms. The number of unbranched alkanes of at least 4 members (excludes halogenated alkanes) is 1. The third kappa shape index (κ3) is 8.61. The van der Waals surface area contributed by atoms with Crippen LogP contribution in [0.15, 0.2) is 5.16 Å². The number of amidine groups is 1. The first-order valence-corrected chi connectivity index (χ1v) is 4.12. The van der Waals surface area contributed by atoms with Crippen molar-refractivity contribution in [2.75, 3.05) is 13.1 Å². The maximum atomic E-state index is 10.3. The highest BCUT2D eigenvalue weighted by atomic mass is 16.4. The van der Waals surface area contributed by atoms with E-state index in [4.69, 9.17) is 16.7 Å². The molecular formula is C7H16N4O2. The van der Waals surface area contributed by atoms with E-state index >= 15 is 0 Å². The van der Waals surface area contributed by atoms with Gasteiger partial charge in [-0.3, -0.25) is 4.79 Å². The molecule has 0 unspecified atom stereocenters. The van der Waals surface area contributed by atoms with Gasteiger partial charge < -0.3 is 22.0 Å². The highest BCUT2D eigenvalue weighted by Gasteiger charge is 1.95. The Balaban J connectivity index is 3.13. The number of amides is 1. The predicted octanol–water partition coefficient (Wildman–Crippen LogP) is -1.02. The van der Waals surface area contributed by atoms with Crippen LogP contribution in [0.25, 0.3) is 0 Å². The Hall–Kier alpha value is -1.30. The third-order valence-corrected chi connectivity index (χ3v) is 1.46. The Bertz CT molecular complexity index is 181. The van der Waals surface area contributed by atoms with E-state index in [-0.39, 0.29) is 11.7 Å². The van der Waals surface area contributed by atoms with E-state index in [9.17, 15) is 4.79 Å². The smallest absolute Gasteiger partial charge is 0.217 e. The lowest BCUT2D eigenvalue weighted by atomic mass is 10.2. The van der Waals surface area contributed by atoms with Crippen LogP contribution in [0.5, 0.6) is 0 Å². The lowest BCUT2D eigenvalue weighted by Crippen LogP contribution is -2.29. The summed E-state index contributed by atoms with van der Waals surface area (Å²) in [5.41, 5.74) is 10.1. The summed E-state index contributed by atoms with van der Waals surface area (Å²) in [6.45, 7) is 1.08. The molecule has 0 aromatic carbocycles. The zero-order valence-electron chi connectivity index (χ0n) is 7.49. The molecule has 0 heterocycles. The van der Waals surface area contributed by atoms with E-state index < -0.39 is 0 Å². The average molecular weight is 188 g/mol. The van der Waals surface area contributed by atoms with Crippen LogP contribution in [0.4, 0.5) is 0 Å². The molecule has 0 aliphatic carbocycles. The maximum Gasteiger partial charge on any atom is 0.217 e. The summed E-state index contributed by atoms with van der Waals surface area (Å²) in [6, 6.07) is 0. The SMILES string of the molecule is NC(=O)CCCCNCC(N)=NO. The maximum absolute atomic E-state index is 10.3. The molecule has 0 rings (SSSR count). The normalized spacial score (nSPS) is 11.5. The highest BCUT2D eigenvalue weighted by molar-refractivity contribution is 5.81. The van der Waals surface area contributed by atoms with Gasteiger partial charge in [0.1, 0.15) is 0 Å². The zero-order valence-corrected chi connectivity index (χ0v) is 7.49. The summed E-state index contributed by atoms with van der Waals surface area (Å²) < 4.78 is 0. The van der Waals surface area contributed by atoms with Gasteiger partial charge in [0.15, 0.2) is 5.84 Å². The summed E-state index contributed by atoms with van der Waals surface area (Å²) in [4.78, 5) is 10.3. The molecule has 0 atom stereocenters. The molecule has 76 valence electrons. The molecule has 0 aromatic heterocycles. The van der Waals surface area contributed by atoms with Crippen molar-refractivity contribution in [3.8, 4) is 0 Å². The zero-order chi connectivity index (χ0) is 10.1. The van der Waals surface area contributed by atoms with Gasteiger partial charge >= 0.3 is 0 Å². The van der Waals surface area contributed by atoms with Crippen molar-refractivity contribution in [3.63, 3.8) is 0 Å². The number of nitrogens with zero attached hydrogens (tertiary/aromatic N) is 1. The minimum Gasteiger partial charge on any atom is -0.409 e. The Morgan fingerprint density at radius 3 is 2.62 bits per heavy atom.